The fourth-order valence-corrected chi connectivity index (χ4v) is 5.96. The summed E-state index contributed by atoms with van der Waals surface area (Å²) in [6.07, 6.45) is 1.54. The van der Waals surface area contributed by atoms with Crippen molar-refractivity contribution in [3.63, 3.8) is 0 Å². The van der Waals surface area contributed by atoms with Crippen LogP contribution in [-0.4, -0.2) is 5.11 Å². The van der Waals surface area contributed by atoms with E-state index >= 15 is 0 Å². The molecule has 38 heavy (non-hydrogen) atoms. The molecular weight excluding hydrogens is 490 g/mol. The summed E-state index contributed by atoms with van der Waals surface area (Å²) >= 11 is 0. The van der Waals surface area contributed by atoms with E-state index in [1.54, 1.807) is 6.07 Å². The molecule has 5 aromatic rings. The molecule has 0 fully saturated rings. The van der Waals surface area contributed by atoms with Gasteiger partial charge in [-0.05, 0) is 63.3 Å². The minimum absolute atomic E-state index is 0.207. The summed E-state index contributed by atoms with van der Waals surface area (Å²) in [4.78, 5) is 0. The van der Waals surface area contributed by atoms with Crippen LogP contribution in [0.2, 0.25) is 0 Å². The van der Waals surface area contributed by atoms with Crippen molar-refractivity contribution in [3.8, 4) is 5.75 Å². The second-order valence-electron chi connectivity index (χ2n) is 9.32. The van der Waals surface area contributed by atoms with E-state index in [-0.39, 0.29) is 21.0 Å². The van der Waals surface area contributed by atoms with Crippen LogP contribution in [-0.2, 0) is 26.1 Å². The molecule has 5 rings (SSSR count). The van der Waals surface area contributed by atoms with Crippen molar-refractivity contribution in [2.45, 2.75) is 26.1 Å². The molecule has 1 atom stereocenters. The zero-order valence-electron chi connectivity index (χ0n) is 21.1. The predicted octanol–water partition coefficient (Wildman–Crippen LogP) is 6.71. The molecule has 0 bridgehead atoms. The van der Waals surface area contributed by atoms with Crippen LogP contribution >= 0.6 is 8.58 Å². The van der Waals surface area contributed by atoms with E-state index < -0.39 is 0 Å². The van der Waals surface area contributed by atoms with E-state index in [9.17, 15) is 9.50 Å². The fraction of sp³-hybridized carbons (Fsp3) is 0.118. The van der Waals surface area contributed by atoms with E-state index in [2.05, 4.69) is 72.8 Å². The van der Waals surface area contributed by atoms with Gasteiger partial charge in [-0.25, -0.2) is 4.39 Å². The van der Waals surface area contributed by atoms with Gasteiger partial charge in [0, 0.05) is 11.7 Å². The van der Waals surface area contributed by atoms with E-state index in [4.69, 9.17) is 4.74 Å². The Hall–Kier alpha value is -3.78. The first kappa shape index (κ1) is 25.9. The first-order valence-electron chi connectivity index (χ1n) is 12.7. The summed E-state index contributed by atoms with van der Waals surface area (Å²) in [5.74, 6) is 0.520. The highest BCUT2D eigenvalue weighted by atomic mass is 31.1. The smallest absolute Gasteiger partial charge is 0.131 e. The molecular formula is C34H30FO2P. The molecule has 0 aliphatic rings. The van der Waals surface area contributed by atoms with Crippen LogP contribution in [0.1, 0.15) is 33.4 Å². The molecule has 5 aromatic carbocycles. The maximum absolute atomic E-state index is 13.9. The van der Waals surface area contributed by atoms with Crippen LogP contribution < -0.4 is 15.3 Å². The van der Waals surface area contributed by atoms with Gasteiger partial charge in [0.05, 0.1) is 6.61 Å². The van der Waals surface area contributed by atoms with Gasteiger partial charge in [0.25, 0.3) is 0 Å². The van der Waals surface area contributed by atoms with Gasteiger partial charge in [-0.2, -0.15) is 0 Å². The van der Waals surface area contributed by atoms with E-state index in [0.717, 1.165) is 40.3 Å². The number of hydrogen-bond acceptors (Lipinski definition) is 2. The maximum atomic E-state index is 13.9. The average molecular weight is 521 g/mol. The van der Waals surface area contributed by atoms with Crippen molar-refractivity contribution >= 4 is 19.2 Å². The second kappa shape index (κ2) is 12.6. The lowest BCUT2D eigenvalue weighted by Gasteiger charge is -2.20. The van der Waals surface area contributed by atoms with Crippen molar-refractivity contribution in [2.75, 3.05) is 0 Å². The van der Waals surface area contributed by atoms with Gasteiger partial charge in [-0.3, -0.25) is 0 Å². The van der Waals surface area contributed by atoms with Crippen LogP contribution in [0.25, 0.3) is 0 Å². The minimum atomic E-state index is -0.342. The molecule has 0 aliphatic heterocycles. The van der Waals surface area contributed by atoms with Crippen LogP contribution in [0.3, 0.4) is 0 Å². The Labute approximate surface area is 225 Å². The number of aliphatic hydroxyl groups excluding tert-OH is 1. The van der Waals surface area contributed by atoms with Gasteiger partial charge in [-0.1, -0.05) is 112 Å². The maximum Gasteiger partial charge on any atom is 0.131 e. The van der Waals surface area contributed by atoms with Gasteiger partial charge in [0.2, 0.25) is 0 Å². The molecule has 0 aromatic heterocycles. The quantitative estimate of drug-likeness (QED) is 0.208. The van der Waals surface area contributed by atoms with E-state index in [0.29, 0.717) is 12.2 Å². The summed E-state index contributed by atoms with van der Waals surface area (Å²) < 4.78 is 20.5. The molecule has 0 heterocycles. The molecule has 0 saturated carbocycles. The van der Waals surface area contributed by atoms with Crippen LogP contribution in [0.5, 0.6) is 5.75 Å². The largest absolute Gasteiger partial charge is 0.488 e. The number of benzene rings is 5. The first-order valence-corrected chi connectivity index (χ1v) is 13.7. The SMILES string of the molecule is OCc1cc(F)ccc1Pc1cc(Cc2ccccc2)cc(Cc2ccccc2)c1OCc1ccccc1. The molecule has 1 unspecified atom stereocenters. The Morgan fingerprint density at radius 3 is 1.82 bits per heavy atom. The monoisotopic (exact) mass is 520 g/mol. The first-order chi connectivity index (χ1) is 18.7. The third kappa shape index (κ3) is 6.75. The van der Waals surface area contributed by atoms with Gasteiger partial charge in [-0.15, -0.1) is 0 Å². The highest BCUT2D eigenvalue weighted by Crippen LogP contribution is 2.30. The molecule has 0 amide bonds. The van der Waals surface area contributed by atoms with Crippen molar-refractivity contribution < 1.29 is 14.2 Å². The Morgan fingerprint density at radius 2 is 1.18 bits per heavy atom. The highest BCUT2D eigenvalue weighted by Gasteiger charge is 2.16. The minimum Gasteiger partial charge on any atom is -0.488 e. The standard InChI is InChI=1S/C34H30FO2P/c35-31-16-17-32(30(22-31)23-36)38-33-21-28(18-25-10-4-1-5-11-25)20-29(19-26-12-6-2-7-13-26)34(33)37-24-27-14-8-3-9-15-27/h1-17,20-22,36,38H,18-19,23-24H2. The van der Waals surface area contributed by atoms with Crippen molar-refractivity contribution in [3.05, 3.63) is 161 Å². The molecule has 1 N–H and O–H groups in total. The zero-order valence-corrected chi connectivity index (χ0v) is 22.1. The molecule has 190 valence electrons. The molecule has 0 saturated heterocycles. The predicted molar refractivity (Wildman–Crippen MR) is 156 cm³/mol. The van der Waals surface area contributed by atoms with Crippen molar-refractivity contribution in [1.29, 1.82) is 0 Å². The van der Waals surface area contributed by atoms with Crippen LogP contribution in [0.4, 0.5) is 4.39 Å². The Morgan fingerprint density at radius 1 is 0.579 bits per heavy atom. The highest BCUT2D eigenvalue weighted by molar-refractivity contribution is 7.55. The van der Waals surface area contributed by atoms with Gasteiger partial charge < -0.3 is 9.84 Å². The topological polar surface area (TPSA) is 29.5 Å². The fourth-order valence-electron chi connectivity index (χ4n) is 4.59. The third-order valence-corrected chi connectivity index (χ3v) is 7.84. The Balaban J connectivity index is 1.60. The Kier molecular flexibility index (Phi) is 8.60. The van der Waals surface area contributed by atoms with Gasteiger partial charge >= 0.3 is 0 Å². The third-order valence-electron chi connectivity index (χ3n) is 6.45. The van der Waals surface area contributed by atoms with Crippen LogP contribution in [0, 0.1) is 5.82 Å². The lowest BCUT2D eigenvalue weighted by atomic mass is 9.98. The lowest BCUT2D eigenvalue weighted by Crippen LogP contribution is -2.15. The van der Waals surface area contributed by atoms with E-state index in [1.165, 1.54) is 28.8 Å². The number of hydrogen-bond donors (Lipinski definition) is 1. The van der Waals surface area contributed by atoms with Gasteiger partial charge in [0.1, 0.15) is 18.2 Å². The van der Waals surface area contributed by atoms with Crippen LogP contribution in [0.15, 0.2) is 121 Å². The summed E-state index contributed by atoms with van der Waals surface area (Å²) in [6.45, 7) is 0.245. The average Bonchev–Trinajstić information content (AvgIpc) is 2.95. The van der Waals surface area contributed by atoms with Crippen molar-refractivity contribution in [2.24, 2.45) is 0 Å². The summed E-state index contributed by atoms with van der Waals surface area (Å²) in [7, 11) is 0.208. The van der Waals surface area contributed by atoms with Gasteiger partial charge in [0.15, 0.2) is 0 Å². The second-order valence-corrected chi connectivity index (χ2v) is 10.6. The molecule has 4 heteroatoms. The molecule has 2 nitrogen and oxygen atoms in total. The molecule has 0 aliphatic carbocycles. The number of ether oxygens (including phenoxy) is 1. The number of aliphatic hydroxyl groups is 1. The molecule has 0 spiro atoms. The number of rotatable bonds is 10. The molecule has 0 radical (unpaired) electrons. The summed E-state index contributed by atoms with van der Waals surface area (Å²) in [5, 5.41) is 11.9. The Bertz CT molecular complexity index is 1470. The van der Waals surface area contributed by atoms with E-state index in [1.807, 2.05) is 30.3 Å². The lowest BCUT2D eigenvalue weighted by molar-refractivity contribution is 0.282. The summed E-state index contributed by atoms with van der Waals surface area (Å²) in [6, 6.07) is 40.1. The number of halogens is 1. The normalized spacial score (nSPS) is 11.2. The summed E-state index contributed by atoms with van der Waals surface area (Å²) in [5.41, 5.74) is 6.47. The zero-order chi connectivity index (χ0) is 26.2. The van der Waals surface area contributed by atoms with Crippen molar-refractivity contribution in [1.82, 2.24) is 0 Å².